The van der Waals surface area contributed by atoms with Gasteiger partial charge in [0.2, 0.25) is 5.78 Å². The molecule has 0 saturated carbocycles. The number of nitrogens with zero attached hydrogens (tertiary/aromatic N) is 1. The van der Waals surface area contributed by atoms with Crippen molar-refractivity contribution in [2.24, 2.45) is 0 Å². The highest BCUT2D eigenvalue weighted by Gasteiger charge is 2.31. The Morgan fingerprint density at radius 3 is 2.29 bits per heavy atom. The van der Waals surface area contributed by atoms with Crippen LogP contribution in [0.15, 0.2) is 24.3 Å². The second-order valence-corrected chi connectivity index (χ2v) is 9.82. The largest absolute Gasteiger partial charge is 0.454 e. The van der Waals surface area contributed by atoms with Crippen LogP contribution < -0.4 is 0 Å². The predicted molar refractivity (Wildman–Crippen MR) is 107 cm³/mol. The molecule has 1 aromatic heterocycles. The van der Waals surface area contributed by atoms with Crippen LogP contribution in [0.5, 0.6) is 0 Å². The van der Waals surface area contributed by atoms with Crippen molar-refractivity contribution in [2.45, 2.75) is 40.2 Å². The van der Waals surface area contributed by atoms with Crippen LogP contribution in [0.3, 0.4) is 0 Å². The number of carbonyl (C=O) groups is 2. The number of aromatic nitrogens is 1. The number of ether oxygens (including phenoxy) is 1. The van der Waals surface area contributed by atoms with E-state index < -0.39 is 15.8 Å². The molecule has 1 atom stereocenters. The van der Waals surface area contributed by atoms with E-state index in [-0.39, 0.29) is 29.9 Å². The summed E-state index contributed by atoms with van der Waals surface area (Å²) in [5.74, 6) is -0.557. The average molecular weight is 404 g/mol. The summed E-state index contributed by atoms with van der Waals surface area (Å²) in [5.41, 5.74) is 4.35. The molecule has 1 aliphatic rings. The molecule has 0 bridgehead atoms. The number of aryl methyl sites for hydroxylation is 3. The zero-order valence-corrected chi connectivity index (χ0v) is 17.4. The maximum atomic E-state index is 12.6. The van der Waals surface area contributed by atoms with Crippen molar-refractivity contribution in [3.63, 3.8) is 0 Å². The molecule has 2 aromatic rings. The van der Waals surface area contributed by atoms with Crippen LogP contribution in [0.25, 0.3) is 0 Å². The van der Waals surface area contributed by atoms with E-state index >= 15 is 0 Å². The maximum Gasteiger partial charge on any atom is 0.338 e. The highest BCUT2D eigenvalue weighted by molar-refractivity contribution is 7.91. The Morgan fingerprint density at radius 1 is 1.07 bits per heavy atom. The normalized spacial score (nSPS) is 18.2. The second-order valence-electron chi connectivity index (χ2n) is 7.59. The van der Waals surface area contributed by atoms with Gasteiger partial charge < -0.3 is 9.30 Å². The molecule has 7 heteroatoms. The molecule has 1 fully saturated rings. The molecule has 0 N–H and O–H groups in total. The fraction of sp³-hybridized carbons (Fsp3) is 0.429. The summed E-state index contributed by atoms with van der Waals surface area (Å²) in [6, 6.07) is 7.01. The molecular weight excluding hydrogens is 378 g/mol. The maximum absolute atomic E-state index is 12.6. The van der Waals surface area contributed by atoms with Crippen LogP contribution in [0.1, 0.15) is 55.7 Å². The van der Waals surface area contributed by atoms with Crippen molar-refractivity contribution in [3.8, 4) is 0 Å². The van der Waals surface area contributed by atoms with Crippen LogP contribution in [-0.2, 0) is 14.6 Å². The van der Waals surface area contributed by atoms with Crippen LogP contribution in [-0.4, -0.2) is 42.9 Å². The first-order chi connectivity index (χ1) is 13.1. The van der Waals surface area contributed by atoms with Crippen molar-refractivity contribution in [3.05, 3.63) is 57.9 Å². The fourth-order valence-corrected chi connectivity index (χ4v) is 5.68. The van der Waals surface area contributed by atoms with Crippen molar-refractivity contribution in [2.75, 3.05) is 18.1 Å². The van der Waals surface area contributed by atoms with E-state index in [1.54, 1.807) is 25.1 Å². The van der Waals surface area contributed by atoms with Gasteiger partial charge in [-0.3, -0.25) is 4.79 Å². The van der Waals surface area contributed by atoms with Gasteiger partial charge in [0, 0.05) is 23.0 Å². The quantitative estimate of drug-likeness (QED) is 0.566. The number of rotatable bonds is 5. The summed E-state index contributed by atoms with van der Waals surface area (Å²) in [4.78, 5) is 24.9. The summed E-state index contributed by atoms with van der Waals surface area (Å²) in [6.07, 6.45) is 0.550. The minimum atomic E-state index is -3.02. The zero-order chi connectivity index (χ0) is 20.6. The topological polar surface area (TPSA) is 82.4 Å². The smallest absolute Gasteiger partial charge is 0.338 e. The van der Waals surface area contributed by atoms with Crippen LogP contribution in [0, 0.1) is 27.7 Å². The number of hydrogen-bond donors (Lipinski definition) is 0. The van der Waals surface area contributed by atoms with Gasteiger partial charge in [-0.05, 0) is 52.3 Å². The van der Waals surface area contributed by atoms with E-state index in [2.05, 4.69) is 0 Å². The van der Waals surface area contributed by atoms with Gasteiger partial charge in [-0.2, -0.15) is 0 Å². The molecule has 1 aromatic carbocycles. The Bertz CT molecular complexity index is 1030. The molecule has 0 spiro atoms. The third-order valence-electron chi connectivity index (χ3n) is 5.15. The number of Topliss-reactive ketones (excluding diaryl/α,β-unsaturated/α-hetero) is 1. The lowest BCUT2D eigenvalue weighted by Gasteiger charge is -2.16. The van der Waals surface area contributed by atoms with Crippen LogP contribution >= 0.6 is 0 Å². The fourth-order valence-electron chi connectivity index (χ4n) is 3.99. The van der Waals surface area contributed by atoms with Gasteiger partial charge >= 0.3 is 5.97 Å². The summed E-state index contributed by atoms with van der Waals surface area (Å²) >= 11 is 0. The molecule has 0 aliphatic carbocycles. The first-order valence-electron chi connectivity index (χ1n) is 9.25. The molecule has 28 heavy (non-hydrogen) atoms. The molecule has 0 radical (unpaired) electrons. The SMILES string of the molecule is Cc1cc(C)cc(C(=O)OCC(=O)c2cc(C)n([C@H]3CCS(=O)(=O)C3)c2C)c1. The highest BCUT2D eigenvalue weighted by atomic mass is 32.2. The molecule has 6 nitrogen and oxygen atoms in total. The van der Waals surface area contributed by atoms with Crippen molar-refractivity contribution < 1.29 is 22.7 Å². The summed E-state index contributed by atoms with van der Waals surface area (Å²) < 4.78 is 30.7. The first-order valence-corrected chi connectivity index (χ1v) is 11.1. The standard InChI is InChI=1S/C21H25NO5S/c1-13-7-14(2)9-17(8-13)21(24)27-11-20(23)19-10-15(3)22(16(19)4)18-5-6-28(25,26)12-18/h7-10,18H,5-6,11-12H2,1-4H3/t18-/m0/s1. The molecule has 0 amide bonds. The summed E-state index contributed by atoms with van der Waals surface area (Å²) in [6.45, 7) is 7.10. The third kappa shape index (κ3) is 4.19. The molecule has 1 aliphatic heterocycles. The second kappa shape index (κ2) is 7.54. The van der Waals surface area contributed by atoms with Gasteiger partial charge in [0.15, 0.2) is 16.4 Å². The van der Waals surface area contributed by atoms with Crippen molar-refractivity contribution >= 4 is 21.6 Å². The van der Waals surface area contributed by atoms with Crippen molar-refractivity contribution in [1.82, 2.24) is 4.57 Å². The predicted octanol–water partition coefficient (Wildman–Crippen LogP) is 3.12. The van der Waals surface area contributed by atoms with Gasteiger partial charge in [0.25, 0.3) is 0 Å². The Morgan fingerprint density at radius 2 is 1.71 bits per heavy atom. The summed E-state index contributed by atoms with van der Waals surface area (Å²) in [7, 11) is -3.02. The van der Waals surface area contributed by atoms with E-state index in [4.69, 9.17) is 4.74 Å². The van der Waals surface area contributed by atoms with Gasteiger partial charge in [-0.25, -0.2) is 13.2 Å². The number of carbonyl (C=O) groups excluding carboxylic acids is 2. The molecule has 1 saturated heterocycles. The Kier molecular flexibility index (Phi) is 5.48. The average Bonchev–Trinajstić information content (AvgIpc) is 3.09. The Labute approximate surface area is 165 Å². The van der Waals surface area contributed by atoms with E-state index in [9.17, 15) is 18.0 Å². The van der Waals surface area contributed by atoms with E-state index in [0.717, 1.165) is 16.8 Å². The minimum absolute atomic E-state index is 0.0959. The monoisotopic (exact) mass is 403 g/mol. The number of hydrogen-bond acceptors (Lipinski definition) is 5. The lowest BCUT2D eigenvalue weighted by Crippen LogP contribution is -2.17. The summed E-state index contributed by atoms with van der Waals surface area (Å²) in [5, 5.41) is 0. The van der Waals surface area contributed by atoms with Gasteiger partial charge in [-0.1, -0.05) is 17.2 Å². The van der Waals surface area contributed by atoms with Crippen molar-refractivity contribution in [1.29, 1.82) is 0 Å². The number of ketones is 1. The molecule has 0 unspecified atom stereocenters. The molecule has 3 rings (SSSR count). The minimum Gasteiger partial charge on any atom is -0.454 e. The van der Waals surface area contributed by atoms with Crippen LogP contribution in [0.2, 0.25) is 0 Å². The first kappa shape index (κ1) is 20.3. The highest BCUT2D eigenvalue weighted by Crippen LogP contribution is 2.29. The van der Waals surface area contributed by atoms with Gasteiger partial charge in [0.1, 0.15) is 0 Å². The lowest BCUT2D eigenvalue weighted by molar-refractivity contribution is 0.0474. The van der Waals surface area contributed by atoms with E-state index in [0.29, 0.717) is 23.2 Å². The van der Waals surface area contributed by atoms with E-state index in [1.165, 1.54) is 0 Å². The third-order valence-corrected chi connectivity index (χ3v) is 6.90. The Hall–Kier alpha value is -2.41. The number of esters is 1. The number of sulfone groups is 1. The van der Waals surface area contributed by atoms with Gasteiger partial charge in [-0.15, -0.1) is 0 Å². The molecular formula is C21H25NO5S. The number of benzene rings is 1. The van der Waals surface area contributed by atoms with Crippen LogP contribution in [0.4, 0.5) is 0 Å². The zero-order valence-electron chi connectivity index (χ0n) is 16.6. The lowest BCUT2D eigenvalue weighted by atomic mass is 10.1. The Balaban J connectivity index is 1.73. The molecule has 150 valence electrons. The van der Waals surface area contributed by atoms with Gasteiger partial charge in [0.05, 0.1) is 17.1 Å². The van der Waals surface area contributed by atoms with E-state index in [1.807, 2.05) is 31.4 Å². The molecule has 2 heterocycles.